The molecule has 5 rings (SSSR count). The Hall–Kier alpha value is -3.27. The van der Waals surface area contributed by atoms with Crippen LogP contribution in [0.1, 0.15) is 48.8 Å². The van der Waals surface area contributed by atoms with Crippen molar-refractivity contribution >= 4 is 33.3 Å². The second-order valence-electron chi connectivity index (χ2n) is 8.77. The zero-order valence-electron chi connectivity index (χ0n) is 18.1. The molecule has 1 fully saturated rings. The predicted octanol–water partition coefficient (Wildman–Crippen LogP) is 6.31. The van der Waals surface area contributed by atoms with E-state index in [0.29, 0.717) is 5.76 Å². The number of hydrogen-bond donors (Lipinski definition) is 1. The van der Waals surface area contributed by atoms with Gasteiger partial charge in [-0.3, -0.25) is 4.79 Å². The summed E-state index contributed by atoms with van der Waals surface area (Å²) in [5.41, 5.74) is 3.08. The molecule has 1 aromatic heterocycles. The van der Waals surface area contributed by atoms with Crippen molar-refractivity contribution in [1.82, 2.24) is 5.32 Å². The van der Waals surface area contributed by atoms with Crippen molar-refractivity contribution in [1.29, 1.82) is 0 Å². The van der Waals surface area contributed by atoms with Crippen LogP contribution in [0.25, 0.3) is 21.7 Å². The van der Waals surface area contributed by atoms with Gasteiger partial charge in [0.05, 0.1) is 6.04 Å². The first kappa shape index (κ1) is 19.7. The number of anilines is 1. The second-order valence-corrected chi connectivity index (χ2v) is 8.77. The molecule has 0 saturated carbocycles. The SMILES string of the molecule is CC1CCN(c2ccc([C@@H](C)NC(=O)c3cc4c(ccc5ccccc54)o3)cc2)CC1. The normalized spacial score (nSPS) is 16.0. The fraction of sp³-hybridized carbons (Fsp3) is 0.296. The van der Waals surface area contributed by atoms with Gasteiger partial charge >= 0.3 is 0 Å². The summed E-state index contributed by atoms with van der Waals surface area (Å²) in [6, 6.07) is 22.4. The Morgan fingerprint density at radius 1 is 1.00 bits per heavy atom. The molecule has 2 heterocycles. The van der Waals surface area contributed by atoms with Crippen LogP contribution in [-0.4, -0.2) is 19.0 Å². The van der Waals surface area contributed by atoms with E-state index >= 15 is 0 Å². The van der Waals surface area contributed by atoms with Gasteiger partial charge in [-0.15, -0.1) is 0 Å². The zero-order chi connectivity index (χ0) is 21.4. The van der Waals surface area contributed by atoms with Crippen LogP contribution in [0.15, 0.2) is 71.1 Å². The molecule has 1 saturated heterocycles. The molecule has 0 aliphatic carbocycles. The number of rotatable bonds is 4. The minimum Gasteiger partial charge on any atom is -0.451 e. The van der Waals surface area contributed by atoms with Crippen molar-refractivity contribution in [2.24, 2.45) is 5.92 Å². The standard InChI is InChI=1S/C27H28N2O2/c1-18-13-15-29(16-14-18)22-10-7-20(8-11-22)19(2)28-27(30)26-17-24-23-6-4-3-5-21(23)9-12-25(24)31-26/h3-12,17-19H,13-16H2,1-2H3,(H,28,30)/t19-/m1/s1. The molecule has 1 N–H and O–H groups in total. The Morgan fingerprint density at radius 2 is 1.74 bits per heavy atom. The lowest BCUT2D eigenvalue weighted by Crippen LogP contribution is -2.32. The van der Waals surface area contributed by atoms with Gasteiger partial charge in [0, 0.05) is 24.2 Å². The molecular formula is C27H28N2O2. The number of carbonyl (C=O) groups is 1. The van der Waals surface area contributed by atoms with Crippen molar-refractivity contribution in [2.45, 2.75) is 32.7 Å². The molecule has 4 nitrogen and oxygen atoms in total. The van der Waals surface area contributed by atoms with Crippen molar-refractivity contribution < 1.29 is 9.21 Å². The fourth-order valence-corrected chi connectivity index (χ4v) is 4.50. The van der Waals surface area contributed by atoms with Gasteiger partial charge in [0.1, 0.15) is 5.58 Å². The number of fused-ring (bicyclic) bond motifs is 3. The minimum absolute atomic E-state index is 0.104. The molecule has 31 heavy (non-hydrogen) atoms. The summed E-state index contributed by atoms with van der Waals surface area (Å²) in [4.78, 5) is 15.3. The summed E-state index contributed by atoms with van der Waals surface area (Å²) in [6.07, 6.45) is 2.50. The molecule has 0 spiro atoms. The minimum atomic E-state index is -0.193. The lowest BCUT2D eigenvalue weighted by molar-refractivity contribution is 0.0914. The van der Waals surface area contributed by atoms with Gasteiger partial charge in [0.25, 0.3) is 5.91 Å². The van der Waals surface area contributed by atoms with E-state index < -0.39 is 0 Å². The largest absolute Gasteiger partial charge is 0.451 e. The van der Waals surface area contributed by atoms with Gasteiger partial charge < -0.3 is 14.6 Å². The molecule has 0 radical (unpaired) electrons. The van der Waals surface area contributed by atoms with Crippen molar-refractivity contribution in [3.05, 3.63) is 78.1 Å². The van der Waals surface area contributed by atoms with Gasteiger partial charge in [-0.25, -0.2) is 0 Å². The topological polar surface area (TPSA) is 45.5 Å². The van der Waals surface area contributed by atoms with Crippen LogP contribution in [0.3, 0.4) is 0 Å². The second kappa shape index (κ2) is 8.10. The van der Waals surface area contributed by atoms with E-state index in [-0.39, 0.29) is 11.9 Å². The molecule has 158 valence electrons. The molecule has 0 bridgehead atoms. The van der Waals surface area contributed by atoms with E-state index in [9.17, 15) is 4.79 Å². The molecule has 1 amide bonds. The summed E-state index contributed by atoms with van der Waals surface area (Å²) in [7, 11) is 0. The lowest BCUT2D eigenvalue weighted by Gasteiger charge is -2.32. The van der Waals surface area contributed by atoms with Crippen LogP contribution in [0.4, 0.5) is 5.69 Å². The first-order valence-corrected chi connectivity index (χ1v) is 11.2. The van der Waals surface area contributed by atoms with E-state index in [1.807, 2.05) is 37.3 Å². The van der Waals surface area contributed by atoms with E-state index in [1.165, 1.54) is 18.5 Å². The highest BCUT2D eigenvalue weighted by Gasteiger charge is 2.18. The highest BCUT2D eigenvalue weighted by Crippen LogP contribution is 2.29. The van der Waals surface area contributed by atoms with Crippen LogP contribution in [0, 0.1) is 5.92 Å². The van der Waals surface area contributed by atoms with Gasteiger partial charge in [-0.2, -0.15) is 0 Å². The zero-order valence-corrected chi connectivity index (χ0v) is 18.1. The molecule has 4 heteroatoms. The molecule has 4 aromatic rings. The molecule has 1 aliphatic heterocycles. The number of nitrogens with zero attached hydrogens (tertiary/aromatic N) is 1. The highest BCUT2D eigenvalue weighted by molar-refractivity contribution is 6.08. The van der Waals surface area contributed by atoms with Crippen molar-refractivity contribution in [3.63, 3.8) is 0 Å². The summed E-state index contributed by atoms with van der Waals surface area (Å²) >= 11 is 0. The number of furan rings is 1. The van der Waals surface area contributed by atoms with Crippen LogP contribution in [0.2, 0.25) is 0 Å². The maximum absolute atomic E-state index is 12.9. The Labute approximate surface area is 182 Å². The fourth-order valence-electron chi connectivity index (χ4n) is 4.50. The lowest BCUT2D eigenvalue weighted by atomic mass is 9.98. The molecule has 3 aromatic carbocycles. The summed E-state index contributed by atoms with van der Waals surface area (Å²) in [5, 5.41) is 6.28. The molecule has 0 unspecified atom stereocenters. The van der Waals surface area contributed by atoms with Gasteiger partial charge in [0.15, 0.2) is 5.76 Å². The Balaban J connectivity index is 1.30. The van der Waals surface area contributed by atoms with E-state index in [1.54, 1.807) is 0 Å². The summed E-state index contributed by atoms with van der Waals surface area (Å²) < 4.78 is 5.86. The van der Waals surface area contributed by atoms with E-state index in [2.05, 4.69) is 53.5 Å². The maximum atomic E-state index is 12.9. The smallest absolute Gasteiger partial charge is 0.287 e. The first-order chi connectivity index (χ1) is 15.1. The third kappa shape index (κ3) is 3.90. The van der Waals surface area contributed by atoms with Crippen LogP contribution in [-0.2, 0) is 0 Å². The maximum Gasteiger partial charge on any atom is 0.287 e. The Bertz CT molecular complexity index is 1220. The number of benzene rings is 3. The summed E-state index contributed by atoms with van der Waals surface area (Å²) in [5.74, 6) is 0.973. The number of carbonyl (C=O) groups excluding carboxylic acids is 1. The van der Waals surface area contributed by atoms with Gasteiger partial charge in [0.2, 0.25) is 0 Å². The number of amides is 1. The first-order valence-electron chi connectivity index (χ1n) is 11.2. The third-order valence-corrected chi connectivity index (χ3v) is 6.54. The molecular weight excluding hydrogens is 384 g/mol. The van der Waals surface area contributed by atoms with Gasteiger partial charge in [-0.1, -0.05) is 49.4 Å². The molecule has 1 aliphatic rings. The van der Waals surface area contributed by atoms with Gasteiger partial charge in [-0.05, 0) is 66.3 Å². The van der Waals surface area contributed by atoms with Crippen molar-refractivity contribution in [3.8, 4) is 0 Å². The van der Waals surface area contributed by atoms with Crippen molar-refractivity contribution in [2.75, 3.05) is 18.0 Å². The van der Waals surface area contributed by atoms with E-state index in [0.717, 1.165) is 46.3 Å². The number of piperidine rings is 1. The summed E-state index contributed by atoms with van der Waals surface area (Å²) in [6.45, 7) is 6.57. The third-order valence-electron chi connectivity index (χ3n) is 6.54. The number of nitrogens with one attached hydrogen (secondary N) is 1. The Kier molecular flexibility index (Phi) is 5.14. The highest BCUT2D eigenvalue weighted by atomic mass is 16.3. The average Bonchev–Trinajstić information content (AvgIpc) is 3.25. The Morgan fingerprint density at radius 3 is 2.52 bits per heavy atom. The quantitative estimate of drug-likeness (QED) is 0.427. The average molecular weight is 413 g/mol. The van der Waals surface area contributed by atoms with Crippen LogP contribution in [0.5, 0.6) is 0 Å². The predicted molar refractivity (Wildman–Crippen MR) is 127 cm³/mol. The van der Waals surface area contributed by atoms with Crippen LogP contribution < -0.4 is 10.2 Å². The van der Waals surface area contributed by atoms with Crippen LogP contribution >= 0.6 is 0 Å². The molecule has 1 atom stereocenters. The van der Waals surface area contributed by atoms with E-state index in [4.69, 9.17) is 4.42 Å². The monoisotopic (exact) mass is 412 g/mol. The number of hydrogen-bond acceptors (Lipinski definition) is 3.